The molecule has 1 heterocycles. The second-order valence-electron chi connectivity index (χ2n) is 5.54. The molecule has 1 aliphatic heterocycles. The highest BCUT2D eigenvalue weighted by Crippen LogP contribution is 2.27. The maximum Gasteiger partial charge on any atom is 0.335 e. The van der Waals surface area contributed by atoms with Gasteiger partial charge in [0.05, 0.1) is 5.69 Å². The molecule has 126 valence electrons. The minimum Gasteiger partial charge on any atom is -0.508 e. The van der Waals surface area contributed by atoms with Gasteiger partial charge >= 0.3 is 6.03 Å². The van der Waals surface area contributed by atoms with Gasteiger partial charge in [-0.05, 0) is 37.3 Å². The fraction of sp³-hybridized carbons (Fsp3) is 0.0556. The molecule has 0 aromatic heterocycles. The first-order valence-electron chi connectivity index (χ1n) is 7.37. The smallest absolute Gasteiger partial charge is 0.335 e. The molecule has 1 aliphatic rings. The van der Waals surface area contributed by atoms with E-state index in [0.717, 1.165) is 16.5 Å². The van der Waals surface area contributed by atoms with Crippen molar-refractivity contribution < 1.29 is 24.6 Å². The third-order valence-corrected chi connectivity index (χ3v) is 3.71. The number of carbonyl (C=O) groups excluding carboxylic acids is 3. The SMILES string of the molecule is Cc1ccc(N2C(=O)NC(=O)/C(=C\c3ccc(O)cc3O)C2=O)cc1. The molecule has 7 heteroatoms. The molecule has 1 saturated heterocycles. The summed E-state index contributed by atoms with van der Waals surface area (Å²) < 4.78 is 0. The van der Waals surface area contributed by atoms with E-state index in [4.69, 9.17) is 0 Å². The summed E-state index contributed by atoms with van der Waals surface area (Å²) in [5.74, 6) is -2.11. The van der Waals surface area contributed by atoms with Gasteiger partial charge in [0.2, 0.25) is 0 Å². The number of hydrogen-bond donors (Lipinski definition) is 3. The number of barbiturate groups is 1. The Bertz CT molecular complexity index is 916. The van der Waals surface area contributed by atoms with Gasteiger partial charge in [-0.1, -0.05) is 17.7 Å². The average Bonchev–Trinajstić information content (AvgIpc) is 2.55. The lowest BCUT2D eigenvalue weighted by Gasteiger charge is -2.26. The van der Waals surface area contributed by atoms with Crippen LogP contribution >= 0.6 is 0 Å². The number of hydrogen-bond acceptors (Lipinski definition) is 5. The number of aryl methyl sites for hydroxylation is 1. The molecular weight excluding hydrogens is 324 g/mol. The number of aromatic hydroxyl groups is 2. The normalized spacial score (nSPS) is 16.3. The van der Waals surface area contributed by atoms with Crippen molar-refractivity contribution >= 4 is 29.6 Å². The van der Waals surface area contributed by atoms with E-state index >= 15 is 0 Å². The molecule has 0 atom stereocenters. The van der Waals surface area contributed by atoms with E-state index in [9.17, 15) is 24.6 Å². The summed E-state index contributed by atoms with van der Waals surface area (Å²) >= 11 is 0. The molecular formula is C18H14N2O5. The Balaban J connectivity index is 2.03. The average molecular weight is 338 g/mol. The molecule has 0 saturated carbocycles. The summed E-state index contributed by atoms with van der Waals surface area (Å²) in [5.41, 5.74) is 1.13. The summed E-state index contributed by atoms with van der Waals surface area (Å²) in [6, 6.07) is 9.57. The molecule has 4 amide bonds. The van der Waals surface area contributed by atoms with E-state index in [2.05, 4.69) is 5.32 Å². The van der Waals surface area contributed by atoms with Crippen LogP contribution in [0.1, 0.15) is 11.1 Å². The van der Waals surface area contributed by atoms with Crippen molar-refractivity contribution in [2.24, 2.45) is 0 Å². The largest absolute Gasteiger partial charge is 0.508 e. The molecule has 0 radical (unpaired) electrons. The minimum absolute atomic E-state index is 0.157. The predicted octanol–water partition coefficient (Wildman–Crippen LogP) is 2.07. The number of carbonyl (C=O) groups is 3. The predicted molar refractivity (Wildman–Crippen MR) is 90.0 cm³/mol. The fourth-order valence-corrected chi connectivity index (χ4v) is 2.40. The summed E-state index contributed by atoms with van der Waals surface area (Å²) in [4.78, 5) is 37.6. The van der Waals surface area contributed by atoms with Crippen LogP contribution in [0.2, 0.25) is 0 Å². The van der Waals surface area contributed by atoms with Crippen LogP contribution < -0.4 is 10.2 Å². The van der Waals surface area contributed by atoms with Gasteiger partial charge in [-0.15, -0.1) is 0 Å². The number of imide groups is 2. The fourth-order valence-electron chi connectivity index (χ4n) is 2.40. The van der Waals surface area contributed by atoms with E-state index in [1.165, 1.54) is 18.2 Å². The lowest BCUT2D eigenvalue weighted by molar-refractivity contribution is -0.122. The van der Waals surface area contributed by atoms with Gasteiger partial charge in [0.25, 0.3) is 11.8 Å². The monoisotopic (exact) mass is 338 g/mol. The van der Waals surface area contributed by atoms with E-state index < -0.39 is 17.8 Å². The topological polar surface area (TPSA) is 107 Å². The molecule has 3 N–H and O–H groups in total. The van der Waals surface area contributed by atoms with Gasteiger partial charge in [0, 0.05) is 11.6 Å². The number of amides is 4. The quantitative estimate of drug-likeness (QED) is 0.574. The zero-order chi connectivity index (χ0) is 18.1. The Morgan fingerprint density at radius 2 is 1.68 bits per heavy atom. The number of urea groups is 1. The van der Waals surface area contributed by atoms with Gasteiger partial charge in [-0.3, -0.25) is 14.9 Å². The molecule has 25 heavy (non-hydrogen) atoms. The highest BCUT2D eigenvalue weighted by Gasteiger charge is 2.36. The van der Waals surface area contributed by atoms with E-state index in [1.54, 1.807) is 24.3 Å². The summed E-state index contributed by atoms with van der Waals surface area (Å²) in [6.45, 7) is 1.87. The Morgan fingerprint density at radius 1 is 1.00 bits per heavy atom. The molecule has 1 fully saturated rings. The van der Waals surface area contributed by atoms with Crippen molar-refractivity contribution in [3.05, 3.63) is 59.2 Å². The van der Waals surface area contributed by atoms with Crippen molar-refractivity contribution in [3.63, 3.8) is 0 Å². The van der Waals surface area contributed by atoms with Gasteiger partial charge in [0.1, 0.15) is 17.1 Å². The molecule has 7 nitrogen and oxygen atoms in total. The Hall–Kier alpha value is -3.61. The number of phenols is 2. The molecule has 2 aromatic rings. The first kappa shape index (κ1) is 16.3. The van der Waals surface area contributed by atoms with Gasteiger partial charge < -0.3 is 10.2 Å². The molecule has 0 aliphatic carbocycles. The number of nitrogens with zero attached hydrogens (tertiary/aromatic N) is 1. The van der Waals surface area contributed by atoms with Crippen molar-refractivity contribution in [3.8, 4) is 11.5 Å². The van der Waals surface area contributed by atoms with Crippen molar-refractivity contribution in [1.29, 1.82) is 0 Å². The highest BCUT2D eigenvalue weighted by molar-refractivity contribution is 6.39. The second kappa shape index (κ2) is 6.12. The van der Waals surface area contributed by atoms with Crippen LogP contribution in [0.3, 0.4) is 0 Å². The Labute approximate surface area is 142 Å². The number of nitrogens with one attached hydrogen (secondary N) is 1. The number of benzene rings is 2. The van der Waals surface area contributed by atoms with Crippen molar-refractivity contribution in [2.75, 3.05) is 4.90 Å². The lowest BCUT2D eigenvalue weighted by Crippen LogP contribution is -2.54. The van der Waals surface area contributed by atoms with Crippen LogP contribution in [-0.4, -0.2) is 28.1 Å². The van der Waals surface area contributed by atoms with E-state index in [-0.39, 0.29) is 22.6 Å². The first-order valence-corrected chi connectivity index (χ1v) is 7.37. The zero-order valence-electron chi connectivity index (χ0n) is 13.2. The highest BCUT2D eigenvalue weighted by atomic mass is 16.3. The van der Waals surface area contributed by atoms with Crippen molar-refractivity contribution in [2.45, 2.75) is 6.92 Å². The summed E-state index contributed by atoms with van der Waals surface area (Å²) in [6.07, 6.45) is 1.17. The number of rotatable bonds is 2. The third-order valence-electron chi connectivity index (χ3n) is 3.71. The number of phenolic OH excluding ortho intramolecular Hbond substituents is 2. The zero-order valence-corrected chi connectivity index (χ0v) is 13.2. The van der Waals surface area contributed by atoms with Crippen molar-refractivity contribution in [1.82, 2.24) is 5.32 Å². The third kappa shape index (κ3) is 3.07. The van der Waals surface area contributed by atoms with Crippen LogP contribution in [0.15, 0.2) is 48.0 Å². The summed E-state index contributed by atoms with van der Waals surface area (Å²) in [5, 5.41) is 21.2. The standard InChI is InChI=1S/C18H14N2O5/c1-10-2-5-12(6-3-10)20-17(24)14(16(23)19-18(20)25)8-11-4-7-13(21)9-15(11)22/h2-9,21-22H,1H3,(H,19,23,25)/b14-8+. The Kier molecular flexibility index (Phi) is 3.98. The van der Waals surface area contributed by atoms with Crippen LogP contribution in [0.5, 0.6) is 11.5 Å². The van der Waals surface area contributed by atoms with Crippen LogP contribution in [-0.2, 0) is 9.59 Å². The molecule has 2 aromatic carbocycles. The van der Waals surface area contributed by atoms with Crippen LogP contribution in [0.4, 0.5) is 10.5 Å². The number of anilines is 1. The first-order chi connectivity index (χ1) is 11.9. The van der Waals surface area contributed by atoms with Gasteiger partial charge in [-0.2, -0.15) is 0 Å². The molecule has 0 spiro atoms. The van der Waals surface area contributed by atoms with Gasteiger partial charge in [0.15, 0.2) is 0 Å². The Morgan fingerprint density at radius 3 is 2.32 bits per heavy atom. The van der Waals surface area contributed by atoms with E-state index in [0.29, 0.717) is 5.69 Å². The van der Waals surface area contributed by atoms with Gasteiger partial charge in [-0.25, -0.2) is 9.69 Å². The maximum atomic E-state index is 12.7. The van der Waals surface area contributed by atoms with Crippen LogP contribution in [0.25, 0.3) is 6.08 Å². The van der Waals surface area contributed by atoms with E-state index in [1.807, 2.05) is 6.92 Å². The molecule has 0 unspecified atom stereocenters. The summed E-state index contributed by atoms with van der Waals surface area (Å²) in [7, 11) is 0. The second-order valence-corrected chi connectivity index (χ2v) is 5.54. The maximum absolute atomic E-state index is 12.7. The molecule has 0 bridgehead atoms. The van der Waals surface area contributed by atoms with Crippen LogP contribution in [0, 0.1) is 6.92 Å². The minimum atomic E-state index is -0.856. The molecule has 3 rings (SSSR count). The lowest BCUT2D eigenvalue weighted by atomic mass is 10.1.